The predicted molar refractivity (Wildman–Crippen MR) is 159 cm³/mol. The van der Waals surface area contributed by atoms with Crippen LogP contribution in [0.4, 0.5) is 10.5 Å². The fourth-order valence-electron chi connectivity index (χ4n) is 5.61. The highest BCUT2D eigenvalue weighted by atomic mass is 16.6. The van der Waals surface area contributed by atoms with Gasteiger partial charge in [0.15, 0.2) is 0 Å². The average molecular weight is 577 g/mol. The minimum atomic E-state index is -0.838. The molecule has 2 heterocycles. The second-order valence-corrected chi connectivity index (χ2v) is 10.6. The number of benzene rings is 3. The summed E-state index contributed by atoms with van der Waals surface area (Å²) in [7, 11) is 3.34. The van der Waals surface area contributed by atoms with Crippen molar-refractivity contribution in [1.82, 2.24) is 4.90 Å². The normalized spacial score (nSPS) is 20.0. The van der Waals surface area contributed by atoms with Gasteiger partial charge in [0.1, 0.15) is 24.7 Å². The van der Waals surface area contributed by atoms with Crippen molar-refractivity contribution < 1.29 is 33.6 Å². The van der Waals surface area contributed by atoms with E-state index >= 15 is 0 Å². The molecule has 9 nitrogen and oxygen atoms in total. The summed E-state index contributed by atoms with van der Waals surface area (Å²) in [6.45, 7) is 3.97. The van der Waals surface area contributed by atoms with Crippen LogP contribution in [0.3, 0.4) is 0 Å². The number of aliphatic hydroxyl groups excluding tert-OH is 1. The summed E-state index contributed by atoms with van der Waals surface area (Å²) in [6.07, 6.45) is -0.848. The molecule has 1 amide bonds. The Kier molecular flexibility index (Phi) is 10.2. The topological polar surface area (TPSA) is 89.9 Å². The predicted octanol–water partition coefficient (Wildman–Crippen LogP) is 4.61. The molecule has 1 fully saturated rings. The highest BCUT2D eigenvalue weighted by molar-refractivity contribution is 5.68. The number of methoxy groups -OCH3 is 2. The Bertz CT molecular complexity index is 1290. The molecule has 0 bridgehead atoms. The van der Waals surface area contributed by atoms with Crippen LogP contribution in [-0.2, 0) is 27.4 Å². The first-order valence-corrected chi connectivity index (χ1v) is 14.4. The van der Waals surface area contributed by atoms with Crippen molar-refractivity contribution in [3.05, 3.63) is 89.5 Å². The van der Waals surface area contributed by atoms with Crippen molar-refractivity contribution in [2.24, 2.45) is 0 Å². The number of β-amino-alcohol motifs (C(OH)–C–C–N with tert-alkyl or cyclic N) is 1. The molecule has 1 N–H and O–H groups in total. The number of ether oxygens (including phenoxy) is 5. The van der Waals surface area contributed by atoms with E-state index < -0.39 is 18.3 Å². The number of fused-ring (bicyclic) bond motifs is 1. The zero-order chi connectivity index (χ0) is 29.3. The molecule has 0 aromatic heterocycles. The van der Waals surface area contributed by atoms with Crippen molar-refractivity contribution in [3.63, 3.8) is 0 Å². The van der Waals surface area contributed by atoms with Gasteiger partial charge in [-0.2, -0.15) is 0 Å². The number of amides is 1. The number of nitrogens with zero attached hydrogens (tertiary/aromatic N) is 2. The molecule has 2 aliphatic rings. The lowest BCUT2D eigenvalue weighted by Gasteiger charge is -2.41. The zero-order valence-corrected chi connectivity index (χ0v) is 24.3. The molecular weight excluding hydrogens is 536 g/mol. The fraction of sp³-hybridized carbons (Fsp3) is 0.424. The fourth-order valence-corrected chi connectivity index (χ4v) is 5.61. The first kappa shape index (κ1) is 29.7. The first-order valence-electron chi connectivity index (χ1n) is 14.4. The largest absolute Gasteiger partial charge is 0.497 e. The first-order chi connectivity index (χ1) is 20.6. The lowest BCUT2D eigenvalue weighted by molar-refractivity contribution is -0.0692. The number of rotatable bonds is 11. The van der Waals surface area contributed by atoms with Gasteiger partial charge in [-0.05, 0) is 47.4 Å². The summed E-state index contributed by atoms with van der Waals surface area (Å²) in [5.41, 5.74) is 3.86. The Morgan fingerprint density at radius 2 is 1.79 bits per heavy atom. The molecule has 3 aromatic rings. The van der Waals surface area contributed by atoms with Gasteiger partial charge in [-0.3, -0.25) is 0 Å². The van der Waals surface area contributed by atoms with E-state index in [1.165, 1.54) is 4.90 Å². The van der Waals surface area contributed by atoms with Gasteiger partial charge in [0.2, 0.25) is 0 Å². The maximum atomic E-state index is 13.1. The SMILES string of the molecule is COCCCN1CCOc2ccc(COC3CN(C(=O)OCc4ccccc4)CC(O)C3c3ccc(OC)cc3)cc21. The van der Waals surface area contributed by atoms with E-state index in [4.69, 9.17) is 23.7 Å². The quantitative estimate of drug-likeness (QED) is 0.331. The number of carbonyl (C=O) groups is 1. The third kappa shape index (κ3) is 7.34. The summed E-state index contributed by atoms with van der Waals surface area (Å²) in [5.74, 6) is 1.26. The number of piperidine rings is 1. The Morgan fingerprint density at radius 1 is 0.976 bits per heavy atom. The Balaban J connectivity index is 1.31. The molecule has 3 aromatic carbocycles. The molecule has 0 aliphatic carbocycles. The van der Waals surface area contributed by atoms with Crippen molar-refractivity contribution in [1.29, 1.82) is 0 Å². The van der Waals surface area contributed by atoms with Gasteiger partial charge in [0, 0.05) is 26.2 Å². The second kappa shape index (κ2) is 14.4. The van der Waals surface area contributed by atoms with E-state index in [2.05, 4.69) is 11.0 Å². The van der Waals surface area contributed by atoms with E-state index in [1.54, 1.807) is 14.2 Å². The number of aliphatic hydroxyl groups is 1. The molecule has 224 valence electrons. The van der Waals surface area contributed by atoms with E-state index in [0.29, 0.717) is 26.4 Å². The van der Waals surface area contributed by atoms with Gasteiger partial charge < -0.3 is 38.6 Å². The summed E-state index contributed by atoms with van der Waals surface area (Å²) in [4.78, 5) is 16.9. The van der Waals surface area contributed by atoms with Crippen LogP contribution < -0.4 is 14.4 Å². The molecular formula is C33H40N2O7. The molecule has 3 unspecified atom stereocenters. The number of hydrogen-bond donors (Lipinski definition) is 1. The van der Waals surface area contributed by atoms with Crippen LogP contribution in [0.5, 0.6) is 11.5 Å². The maximum absolute atomic E-state index is 13.1. The van der Waals surface area contributed by atoms with Gasteiger partial charge in [-0.25, -0.2) is 4.79 Å². The second-order valence-electron chi connectivity index (χ2n) is 10.6. The van der Waals surface area contributed by atoms with Crippen LogP contribution in [0.25, 0.3) is 0 Å². The maximum Gasteiger partial charge on any atom is 0.410 e. The summed E-state index contributed by atoms with van der Waals surface area (Å²) in [5, 5.41) is 11.3. The van der Waals surface area contributed by atoms with Crippen molar-refractivity contribution >= 4 is 11.8 Å². The van der Waals surface area contributed by atoms with Crippen LogP contribution >= 0.6 is 0 Å². The molecule has 0 saturated carbocycles. The van der Waals surface area contributed by atoms with E-state index in [1.807, 2.05) is 66.7 Å². The minimum absolute atomic E-state index is 0.150. The van der Waals surface area contributed by atoms with Crippen molar-refractivity contribution in [2.45, 2.75) is 37.8 Å². The van der Waals surface area contributed by atoms with E-state index in [-0.39, 0.29) is 19.1 Å². The Labute approximate surface area is 247 Å². The van der Waals surface area contributed by atoms with Crippen LogP contribution in [0.2, 0.25) is 0 Å². The van der Waals surface area contributed by atoms with Crippen molar-refractivity contribution in [2.75, 3.05) is 58.5 Å². The van der Waals surface area contributed by atoms with Gasteiger partial charge in [0.05, 0.1) is 51.2 Å². The lowest BCUT2D eigenvalue weighted by Crippen LogP contribution is -2.53. The molecule has 1 saturated heterocycles. The van der Waals surface area contributed by atoms with Gasteiger partial charge in [-0.1, -0.05) is 48.5 Å². The monoisotopic (exact) mass is 576 g/mol. The molecule has 0 spiro atoms. The van der Waals surface area contributed by atoms with Crippen LogP contribution in [-0.4, -0.2) is 81.9 Å². The molecule has 2 aliphatic heterocycles. The Hall–Kier alpha value is -3.79. The minimum Gasteiger partial charge on any atom is -0.497 e. The van der Waals surface area contributed by atoms with Crippen LogP contribution in [0.1, 0.15) is 29.0 Å². The number of anilines is 1. The summed E-state index contributed by atoms with van der Waals surface area (Å²) >= 11 is 0. The van der Waals surface area contributed by atoms with E-state index in [0.717, 1.165) is 53.4 Å². The zero-order valence-electron chi connectivity index (χ0n) is 24.3. The molecule has 5 rings (SSSR count). The van der Waals surface area contributed by atoms with Gasteiger partial charge in [-0.15, -0.1) is 0 Å². The number of carbonyl (C=O) groups excluding carboxylic acids is 1. The number of likely N-dealkylation sites (tertiary alicyclic amines) is 1. The highest BCUT2D eigenvalue weighted by Gasteiger charge is 2.40. The van der Waals surface area contributed by atoms with Gasteiger partial charge in [0.25, 0.3) is 0 Å². The smallest absolute Gasteiger partial charge is 0.410 e. The molecule has 3 atom stereocenters. The van der Waals surface area contributed by atoms with Crippen LogP contribution in [0.15, 0.2) is 72.8 Å². The van der Waals surface area contributed by atoms with Crippen molar-refractivity contribution in [3.8, 4) is 11.5 Å². The summed E-state index contributed by atoms with van der Waals surface area (Å²) < 4.78 is 28.6. The Morgan fingerprint density at radius 3 is 2.55 bits per heavy atom. The average Bonchev–Trinajstić information content (AvgIpc) is 3.03. The van der Waals surface area contributed by atoms with Crippen LogP contribution in [0, 0.1) is 0 Å². The molecule has 9 heteroatoms. The highest BCUT2D eigenvalue weighted by Crippen LogP contribution is 2.35. The van der Waals surface area contributed by atoms with Gasteiger partial charge >= 0.3 is 6.09 Å². The molecule has 0 radical (unpaired) electrons. The third-order valence-corrected chi connectivity index (χ3v) is 7.81. The third-order valence-electron chi connectivity index (χ3n) is 7.81. The standard InChI is InChI=1S/C33H40N2O7/c1-38-17-6-15-34-16-18-40-30-14-9-25(19-28(30)34)23-41-31-21-35(33(37)42-22-24-7-4-3-5-8-24)20-29(36)32(31)26-10-12-27(39-2)13-11-26/h3-5,7-14,19,29,31-32,36H,6,15-18,20-23H2,1-2H3. The lowest BCUT2D eigenvalue weighted by atomic mass is 9.84. The number of hydrogen-bond acceptors (Lipinski definition) is 8. The summed E-state index contributed by atoms with van der Waals surface area (Å²) in [6, 6.07) is 23.3. The van der Waals surface area contributed by atoms with E-state index in [9.17, 15) is 9.90 Å². The molecule has 42 heavy (non-hydrogen) atoms.